The van der Waals surface area contributed by atoms with Gasteiger partial charge in [0.15, 0.2) is 0 Å². The zero-order valence-corrected chi connectivity index (χ0v) is 25.6. The second-order valence-corrected chi connectivity index (χ2v) is 16.6. The maximum Gasteiger partial charge on any atom is 0.117 e. The molecule has 1 aliphatic heterocycles. The standard InChI is InChI=1S/C40H33NSi/c1-26-20-22-33-34(24-26)39(28-21-23-38-36(25-28)41(2)35-18-9-10-19-37(35)42(38,3)4)31-15-7-8-16-32(31)40(33)30-17-11-13-27-12-5-6-14-29(27)30/h5-25H,1-4H3. The van der Waals surface area contributed by atoms with Gasteiger partial charge in [0.1, 0.15) is 8.07 Å². The summed E-state index contributed by atoms with van der Waals surface area (Å²) in [6, 6.07) is 47.7. The van der Waals surface area contributed by atoms with Crippen LogP contribution >= 0.6 is 0 Å². The van der Waals surface area contributed by atoms with Gasteiger partial charge in [-0.1, -0.05) is 134 Å². The van der Waals surface area contributed by atoms with Crippen molar-refractivity contribution in [2.24, 2.45) is 0 Å². The highest BCUT2D eigenvalue weighted by Crippen LogP contribution is 2.46. The molecule has 0 radical (unpaired) electrons. The summed E-state index contributed by atoms with van der Waals surface area (Å²) in [5, 5.41) is 10.8. The van der Waals surface area contributed by atoms with E-state index in [1.54, 1.807) is 0 Å². The number of hydrogen-bond donors (Lipinski definition) is 0. The molecule has 42 heavy (non-hydrogen) atoms. The van der Waals surface area contributed by atoms with E-state index in [0.29, 0.717) is 0 Å². The maximum absolute atomic E-state index is 2.49. The van der Waals surface area contributed by atoms with Crippen LogP contribution in [-0.2, 0) is 0 Å². The molecule has 0 amide bonds. The van der Waals surface area contributed by atoms with Crippen LogP contribution in [0.5, 0.6) is 0 Å². The van der Waals surface area contributed by atoms with Crippen LogP contribution in [0.4, 0.5) is 11.4 Å². The molecule has 0 saturated carbocycles. The van der Waals surface area contributed by atoms with Crippen molar-refractivity contribution >= 4 is 62.1 Å². The molecule has 0 unspecified atom stereocenters. The number of hydrogen-bond acceptors (Lipinski definition) is 1. The van der Waals surface area contributed by atoms with Crippen LogP contribution in [0, 0.1) is 6.92 Å². The molecule has 0 spiro atoms. The second-order valence-electron chi connectivity index (χ2n) is 12.3. The molecular formula is C40H33NSi. The predicted molar refractivity (Wildman–Crippen MR) is 186 cm³/mol. The number of rotatable bonds is 2. The Labute approximate surface area is 248 Å². The molecule has 7 aromatic carbocycles. The third-order valence-corrected chi connectivity index (χ3v) is 13.0. The first-order chi connectivity index (χ1) is 20.4. The minimum Gasteiger partial charge on any atom is -0.345 e. The van der Waals surface area contributed by atoms with Crippen molar-refractivity contribution in [1.29, 1.82) is 0 Å². The van der Waals surface area contributed by atoms with Gasteiger partial charge in [-0.2, -0.15) is 0 Å². The van der Waals surface area contributed by atoms with Crippen molar-refractivity contribution in [3.8, 4) is 22.3 Å². The second kappa shape index (κ2) is 9.17. The van der Waals surface area contributed by atoms with Crippen LogP contribution in [0.3, 0.4) is 0 Å². The van der Waals surface area contributed by atoms with E-state index in [2.05, 4.69) is 159 Å². The van der Waals surface area contributed by atoms with E-state index < -0.39 is 8.07 Å². The Morgan fingerprint density at radius 1 is 0.500 bits per heavy atom. The Hall–Kier alpha value is -4.66. The Kier molecular flexibility index (Phi) is 5.48. The first-order valence-electron chi connectivity index (χ1n) is 14.8. The summed E-state index contributed by atoms with van der Waals surface area (Å²) in [6.07, 6.45) is 0. The van der Waals surface area contributed by atoms with Gasteiger partial charge in [0.05, 0.1) is 0 Å². The third-order valence-electron chi connectivity index (χ3n) is 9.50. The Morgan fingerprint density at radius 2 is 1.14 bits per heavy atom. The molecule has 0 fully saturated rings. The average Bonchev–Trinajstić information content (AvgIpc) is 3.02. The molecule has 0 saturated heterocycles. The van der Waals surface area contributed by atoms with Crippen LogP contribution in [0.15, 0.2) is 127 Å². The smallest absolute Gasteiger partial charge is 0.117 e. The SMILES string of the molecule is Cc1ccc2c(-c3cccc4ccccc34)c3ccccc3c(-c3ccc4c(c3)N(C)c3ccccc3[Si]4(C)C)c2c1. The summed E-state index contributed by atoms with van der Waals surface area (Å²) >= 11 is 0. The minimum absolute atomic E-state index is 1.27. The molecule has 202 valence electrons. The van der Waals surface area contributed by atoms with Gasteiger partial charge in [0.25, 0.3) is 0 Å². The Bertz CT molecular complexity index is 2200. The van der Waals surface area contributed by atoms with Gasteiger partial charge in [0, 0.05) is 18.4 Å². The van der Waals surface area contributed by atoms with Crippen LogP contribution in [0.1, 0.15) is 5.56 Å². The lowest BCUT2D eigenvalue weighted by molar-refractivity contribution is 1.21. The number of nitrogens with zero attached hydrogens (tertiary/aromatic N) is 1. The van der Waals surface area contributed by atoms with Gasteiger partial charge in [-0.3, -0.25) is 0 Å². The third kappa shape index (κ3) is 3.55. The summed E-state index contributed by atoms with van der Waals surface area (Å²) in [4.78, 5) is 2.41. The fraction of sp³-hybridized carbons (Fsp3) is 0.100. The fourth-order valence-corrected chi connectivity index (χ4v) is 10.5. The highest BCUT2D eigenvalue weighted by Gasteiger charge is 2.37. The quantitative estimate of drug-likeness (QED) is 0.152. The molecule has 0 bridgehead atoms. The van der Waals surface area contributed by atoms with Gasteiger partial charge in [-0.25, -0.2) is 0 Å². The molecule has 8 rings (SSSR count). The summed E-state index contributed by atoms with van der Waals surface area (Å²) < 4.78 is 0. The number of aryl methyl sites for hydroxylation is 1. The van der Waals surface area contributed by atoms with Crippen LogP contribution < -0.4 is 15.3 Å². The van der Waals surface area contributed by atoms with Gasteiger partial charge < -0.3 is 4.90 Å². The van der Waals surface area contributed by atoms with Crippen molar-refractivity contribution < 1.29 is 0 Å². The largest absolute Gasteiger partial charge is 0.345 e. The molecule has 7 aromatic rings. The van der Waals surface area contributed by atoms with Crippen molar-refractivity contribution in [2.45, 2.75) is 20.0 Å². The first-order valence-corrected chi connectivity index (χ1v) is 17.8. The molecule has 0 aromatic heterocycles. The normalized spacial score (nSPS) is 13.9. The van der Waals surface area contributed by atoms with Gasteiger partial charge >= 0.3 is 0 Å². The van der Waals surface area contributed by atoms with Crippen molar-refractivity contribution in [1.82, 2.24) is 0 Å². The van der Waals surface area contributed by atoms with Crippen molar-refractivity contribution in [3.05, 3.63) is 133 Å². The highest BCUT2D eigenvalue weighted by molar-refractivity contribution is 7.02. The topological polar surface area (TPSA) is 3.24 Å². The van der Waals surface area contributed by atoms with Crippen LogP contribution in [-0.4, -0.2) is 15.1 Å². The van der Waals surface area contributed by atoms with Crippen molar-refractivity contribution in [2.75, 3.05) is 11.9 Å². The lowest BCUT2D eigenvalue weighted by atomic mass is 9.84. The highest BCUT2D eigenvalue weighted by atomic mass is 28.3. The Morgan fingerprint density at radius 3 is 1.98 bits per heavy atom. The molecule has 0 N–H and O–H groups in total. The lowest BCUT2D eigenvalue weighted by Crippen LogP contribution is -2.58. The molecule has 0 aliphatic carbocycles. The number of anilines is 2. The lowest BCUT2D eigenvalue weighted by Gasteiger charge is -2.39. The van der Waals surface area contributed by atoms with Crippen molar-refractivity contribution in [3.63, 3.8) is 0 Å². The molecule has 2 heteroatoms. The zero-order valence-electron chi connectivity index (χ0n) is 24.6. The summed E-state index contributed by atoms with van der Waals surface area (Å²) in [7, 11) is 0.397. The summed E-state index contributed by atoms with van der Waals surface area (Å²) in [5.74, 6) is 0. The number of benzene rings is 7. The van der Waals surface area contributed by atoms with Gasteiger partial charge in [-0.05, 0) is 84.0 Å². The molecular weight excluding hydrogens is 523 g/mol. The van der Waals surface area contributed by atoms with E-state index in [1.807, 2.05) is 0 Å². The molecule has 1 aliphatic rings. The molecule has 1 nitrogen and oxygen atoms in total. The fourth-order valence-electron chi connectivity index (χ4n) is 7.40. The molecule has 0 atom stereocenters. The van der Waals surface area contributed by atoms with E-state index in [4.69, 9.17) is 0 Å². The van der Waals surface area contributed by atoms with E-state index in [1.165, 1.54) is 81.9 Å². The van der Waals surface area contributed by atoms with E-state index in [9.17, 15) is 0 Å². The molecule has 1 heterocycles. The van der Waals surface area contributed by atoms with Gasteiger partial charge in [-0.15, -0.1) is 0 Å². The van der Waals surface area contributed by atoms with E-state index >= 15 is 0 Å². The van der Waals surface area contributed by atoms with Crippen LogP contribution in [0.2, 0.25) is 13.1 Å². The number of para-hydroxylation sites is 1. The average molecular weight is 556 g/mol. The van der Waals surface area contributed by atoms with E-state index in [0.717, 1.165) is 0 Å². The van der Waals surface area contributed by atoms with Gasteiger partial charge in [0.2, 0.25) is 0 Å². The predicted octanol–water partition coefficient (Wildman–Crippen LogP) is 9.69. The minimum atomic E-state index is -1.83. The van der Waals surface area contributed by atoms with E-state index in [-0.39, 0.29) is 0 Å². The maximum atomic E-state index is 2.49. The monoisotopic (exact) mass is 555 g/mol. The summed E-state index contributed by atoms with van der Waals surface area (Å²) in [6.45, 7) is 7.19. The first kappa shape index (κ1) is 25.1. The zero-order chi connectivity index (χ0) is 28.6. The Balaban J connectivity index is 1.46. The summed E-state index contributed by atoms with van der Waals surface area (Å²) in [5.41, 5.74) is 9.17. The van der Waals surface area contributed by atoms with Crippen LogP contribution in [0.25, 0.3) is 54.6 Å². The number of fused-ring (bicyclic) bond motifs is 5.